The van der Waals surface area contributed by atoms with E-state index in [-0.39, 0.29) is 9.79 Å². The molecule has 9 heteroatoms. The quantitative estimate of drug-likeness (QED) is 0.508. The number of Topliss-reactive ketones (excluding diaryl/α,β-unsaturated/α-hetero) is 1. The molecule has 0 amide bonds. The van der Waals surface area contributed by atoms with Gasteiger partial charge in [0.25, 0.3) is 20.0 Å². The van der Waals surface area contributed by atoms with Crippen molar-refractivity contribution in [2.24, 2.45) is 11.8 Å². The Balaban J connectivity index is 2.11. The zero-order valence-electron chi connectivity index (χ0n) is 18.9. The first-order valence-corrected chi connectivity index (χ1v) is 13.9. The number of ketones is 1. The third kappa shape index (κ3) is 5.70. The number of carbonyl (C=O) groups excluding carboxylic acids is 1. The maximum Gasteiger partial charge on any atom is 0.256 e. The number of hydrogen-bond donors (Lipinski definition) is 0. The molecule has 0 saturated heterocycles. The highest BCUT2D eigenvalue weighted by Crippen LogP contribution is 2.35. The molecule has 1 unspecified atom stereocenters. The predicted octanol–water partition coefficient (Wildman–Crippen LogP) is 4.58. The van der Waals surface area contributed by atoms with Crippen LogP contribution in [0.1, 0.15) is 46.0 Å². The van der Waals surface area contributed by atoms with E-state index in [2.05, 4.69) is 0 Å². The Hall–Kier alpha value is -2.10. The molecule has 2 aromatic rings. The summed E-state index contributed by atoms with van der Waals surface area (Å²) in [4.78, 5) is 12.9. The number of carbonyl (C=O) groups is 1. The highest BCUT2D eigenvalue weighted by Gasteiger charge is 2.46. The fraction of sp³-hybridized carbons (Fsp3) is 0.458. The summed E-state index contributed by atoms with van der Waals surface area (Å²) in [7, 11) is -9.20. The van der Waals surface area contributed by atoms with Crippen LogP contribution in [0.3, 0.4) is 0 Å². The number of halogens is 1. The second-order valence-corrected chi connectivity index (χ2v) is 12.9. The Morgan fingerprint density at radius 2 is 1.30 bits per heavy atom. The van der Waals surface area contributed by atoms with Gasteiger partial charge in [-0.3, -0.25) is 4.79 Å². The highest BCUT2D eigenvalue weighted by molar-refractivity contribution is 8.04. The first-order chi connectivity index (χ1) is 15.5. The van der Waals surface area contributed by atoms with Gasteiger partial charge in [0, 0.05) is 12.5 Å². The standard InChI is InChI=1S/C24H30FNO5S2/c1-24(2,25)22(23(27)19-12-6-3-7-13-19)18-26(32(28,29)20-14-8-4-9-15-20)33(30,31)21-16-10-5-11-17-21/h4-5,8-11,14-17,19,22H,3,6-7,12-13,18H2,1-2H3. The molecule has 0 spiro atoms. The van der Waals surface area contributed by atoms with Gasteiger partial charge >= 0.3 is 0 Å². The van der Waals surface area contributed by atoms with Crippen molar-refractivity contribution >= 4 is 25.8 Å². The van der Waals surface area contributed by atoms with Gasteiger partial charge in [-0.05, 0) is 51.0 Å². The summed E-state index contributed by atoms with van der Waals surface area (Å²) in [5.74, 6) is -2.25. The second-order valence-electron chi connectivity index (χ2n) is 8.95. The van der Waals surface area contributed by atoms with Crippen LogP contribution < -0.4 is 0 Å². The van der Waals surface area contributed by atoms with E-state index in [4.69, 9.17) is 0 Å². The molecular weight excluding hydrogens is 465 g/mol. The summed E-state index contributed by atoms with van der Waals surface area (Å²) in [6.45, 7) is 1.59. The largest absolute Gasteiger partial charge is 0.299 e. The lowest BCUT2D eigenvalue weighted by Crippen LogP contribution is -2.48. The summed E-state index contributed by atoms with van der Waals surface area (Å²) in [5, 5.41) is 0. The van der Waals surface area contributed by atoms with Crippen LogP contribution in [0.4, 0.5) is 4.39 Å². The number of nitrogens with zero attached hydrogens (tertiary/aromatic N) is 1. The van der Waals surface area contributed by atoms with Crippen LogP contribution in [0.2, 0.25) is 0 Å². The third-order valence-electron chi connectivity index (χ3n) is 6.13. The van der Waals surface area contributed by atoms with Gasteiger partial charge in [-0.15, -0.1) is 0 Å². The molecule has 3 rings (SSSR count). The summed E-state index contributed by atoms with van der Waals surface area (Å²) < 4.78 is 69.8. The van der Waals surface area contributed by atoms with Crippen LogP contribution in [0, 0.1) is 11.8 Å². The van der Waals surface area contributed by atoms with Crippen LogP contribution in [0.5, 0.6) is 0 Å². The average molecular weight is 496 g/mol. The Morgan fingerprint density at radius 1 is 0.879 bits per heavy atom. The number of hydrogen-bond acceptors (Lipinski definition) is 5. The summed E-state index contributed by atoms with van der Waals surface area (Å²) in [5.41, 5.74) is -2.12. The molecule has 0 bridgehead atoms. The molecule has 33 heavy (non-hydrogen) atoms. The number of alkyl halides is 1. The monoisotopic (exact) mass is 495 g/mol. The van der Waals surface area contributed by atoms with E-state index in [1.54, 1.807) is 12.1 Å². The normalized spacial score (nSPS) is 17.1. The minimum Gasteiger partial charge on any atom is -0.299 e. The molecule has 0 radical (unpaired) electrons. The summed E-state index contributed by atoms with van der Waals surface area (Å²) in [6, 6.07) is 14.2. The fourth-order valence-corrected chi connectivity index (χ4v) is 7.92. The van der Waals surface area contributed by atoms with Gasteiger partial charge in [-0.1, -0.05) is 59.4 Å². The molecule has 1 aliphatic carbocycles. The first kappa shape index (κ1) is 25.5. The van der Waals surface area contributed by atoms with E-state index in [1.165, 1.54) is 62.4 Å². The molecule has 0 aromatic heterocycles. The van der Waals surface area contributed by atoms with Crippen molar-refractivity contribution in [3.8, 4) is 0 Å². The zero-order valence-corrected chi connectivity index (χ0v) is 20.5. The van der Waals surface area contributed by atoms with Gasteiger partial charge in [0.05, 0.1) is 15.7 Å². The zero-order chi connectivity index (χ0) is 24.3. The van der Waals surface area contributed by atoms with Crippen LogP contribution in [-0.4, -0.2) is 38.5 Å². The highest BCUT2D eigenvalue weighted by atomic mass is 32.3. The lowest BCUT2D eigenvalue weighted by atomic mass is 9.77. The van der Waals surface area contributed by atoms with E-state index in [9.17, 15) is 21.6 Å². The lowest BCUT2D eigenvalue weighted by molar-refractivity contribution is -0.132. The van der Waals surface area contributed by atoms with Crippen LogP contribution >= 0.6 is 0 Å². The van der Waals surface area contributed by atoms with Crippen molar-refractivity contribution in [2.45, 2.75) is 61.4 Å². The van der Waals surface area contributed by atoms with Gasteiger partial charge in [0.15, 0.2) is 0 Å². The van der Waals surface area contributed by atoms with Crippen LogP contribution in [-0.2, 0) is 24.8 Å². The van der Waals surface area contributed by atoms with Crippen molar-refractivity contribution in [3.63, 3.8) is 0 Å². The van der Waals surface area contributed by atoms with E-state index in [0.29, 0.717) is 16.6 Å². The van der Waals surface area contributed by atoms with E-state index < -0.39 is 49.9 Å². The van der Waals surface area contributed by atoms with Gasteiger partial charge in [-0.2, -0.15) is 0 Å². The van der Waals surface area contributed by atoms with Crippen molar-refractivity contribution in [1.29, 1.82) is 0 Å². The van der Waals surface area contributed by atoms with Crippen molar-refractivity contribution in [1.82, 2.24) is 3.71 Å². The Kier molecular flexibility index (Phi) is 7.76. The minimum atomic E-state index is -4.60. The minimum absolute atomic E-state index is 0.245. The smallest absolute Gasteiger partial charge is 0.256 e. The summed E-state index contributed by atoms with van der Waals surface area (Å²) >= 11 is 0. The fourth-order valence-electron chi connectivity index (χ4n) is 4.21. The predicted molar refractivity (Wildman–Crippen MR) is 124 cm³/mol. The number of sulfonamides is 2. The van der Waals surface area contributed by atoms with E-state index in [0.717, 1.165) is 19.3 Å². The molecule has 1 aliphatic rings. The van der Waals surface area contributed by atoms with Gasteiger partial charge in [0.1, 0.15) is 11.5 Å². The number of benzene rings is 2. The van der Waals surface area contributed by atoms with Gasteiger partial charge < -0.3 is 0 Å². The van der Waals surface area contributed by atoms with Crippen molar-refractivity contribution in [3.05, 3.63) is 60.7 Å². The molecule has 0 N–H and O–H groups in total. The molecule has 0 aliphatic heterocycles. The number of rotatable bonds is 9. The molecule has 6 nitrogen and oxygen atoms in total. The topological polar surface area (TPSA) is 88.6 Å². The molecule has 180 valence electrons. The average Bonchev–Trinajstić information content (AvgIpc) is 2.79. The third-order valence-corrected chi connectivity index (χ3v) is 10.4. The molecule has 2 aromatic carbocycles. The maximum absolute atomic E-state index is 15.4. The molecular formula is C24H30FNO5S2. The van der Waals surface area contributed by atoms with Crippen molar-refractivity contribution in [2.75, 3.05) is 6.54 Å². The Labute approximate surface area is 195 Å². The van der Waals surface area contributed by atoms with Crippen molar-refractivity contribution < 1.29 is 26.0 Å². The second kappa shape index (κ2) is 10.0. The maximum atomic E-state index is 15.4. The van der Waals surface area contributed by atoms with E-state index in [1.807, 2.05) is 0 Å². The van der Waals surface area contributed by atoms with Gasteiger partial charge in [0.2, 0.25) is 0 Å². The van der Waals surface area contributed by atoms with Crippen LogP contribution in [0.25, 0.3) is 0 Å². The van der Waals surface area contributed by atoms with Crippen LogP contribution in [0.15, 0.2) is 70.5 Å². The molecule has 1 atom stereocenters. The van der Waals surface area contributed by atoms with E-state index >= 15 is 4.39 Å². The molecule has 1 saturated carbocycles. The first-order valence-electron chi connectivity index (χ1n) is 11.1. The molecule has 0 heterocycles. The summed E-state index contributed by atoms with van der Waals surface area (Å²) in [6.07, 6.45) is 3.86. The lowest BCUT2D eigenvalue weighted by Gasteiger charge is -2.34. The SMILES string of the molecule is CC(C)(F)C(CN(S(=O)(=O)c1ccccc1)S(=O)(=O)c1ccccc1)C(=O)C1CCCCC1. The molecule has 1 fully saturated rings. The Morgan fingerprint density at radius 3 is 1.70 bits per heavy atom. The van der Waals surface area contributed by atoms with Gasteiger partial charge in [-0.25, -0.2) is 21.2 Å². The Bertz CT molecular complexity index is 1080.